The Bertz CT molecular complexity index is 720. The fourth-order valence-electron chi connectivity index (χ4n) is 2.26. The Morgan fingerprint density at radius 2 is 2.00 bits per heavy atom. The zero-order chi connectivity index (χ0) is 19.5. The number of methoxy groups -OCH3 is 1. The van der Waals surface area contributed by atoms with Gasteiger partial charge in [-0.3, -0.25) is 4.79 Å². The van der Waals surface area contributed by atoms with E-state index in [1.807, 2.05) is 30.3 Å². The first-order valence-corrected chi connectivity index (χ1v) is 9.52. The van der Waals surface area contributed by atoms with Gasteiger partial charge in [0.15, 0.2) is 5.69 Å². The average Bonchev–Trinajstić information content (AvgIpc) is 3.15. The van der Waals surface area contributed by atoms with Crippen molar-refractivity contribution in [2.24, 2.45) is 0 Å². The number of hydrogen-bond donors (Lipinski definition) is 0. The molecule has 0 aliphatic carbocycles. The van der Waals surface area contributed by atoms with Crippen LogP contribution in [0.3, 0.4) is 0 Å². The molecule has 1 amide bonds. The SMILES string of the molecule is CCOC(=O)c1csc(CN(CCOC)C(=O)COCc2ccccc2)n1. The molecule has 146 valence electrons. The minimum absolute atomic E-state index is 0.0330. The van der Waals surface area contributed by atoms with Crippen LogP contribution < -0.4 is 0 Å². The van der Waals surface area contributed by atoms with Crippen molar-refractivity contribution in [2.45, 2.75) is 20.1 Å². The van der Waals surface area contributed by atoms with Crippen LogP contribution in [0.15, 0.2) is 35.7 Å². The summed E-state index contributed by atoms with van der Waals surface area (Å²) in [5.41, 5.74) is 1.27. The van der Waals surface area contributed by atoms with E-state index in [-0.39, 0.29) is 18.2 Å². The lowest BCUT2D eigenvalue weighted by molar-refractivity contribution is -0.137. The zero-order valence-corrected chi connectivity index (χ0v) is 16.4. The fourth-order valence-corrected chi connectivity index (χ4v) is 3.04. The molecular weight excluding hydrogens is 368 g/mol. The Morgan fingerprint density at radius 1 is 1.22 bits per heavy atom. The monoisotopic (exact) mass is 392 g/mol. The normalized spacial score (nSPS) is 10.6. The van der Waals surface area contributed by atoms with Gasteiger partial charge in [-0.2, -0.15) is 0 Å². The smallest absolute Gasteiger partial charge is 0.357 e. The van der Waals surface area contributed by atoms with Crippen molar-refractivity contribution < 1.29 is 23.8 Å². The van der Waals surface area contributed by atoms with E-state index >= 15 is 0 Å². The molecule has 0 saturated heterocycles. The highest BCUT2D eigenvalue weighted by atomic mass is 32.1. The highest BCUT2D eigenvalue weighted by molar-refractivity contribution is 7.09. The van der Waals surface area contributed by atoms with Crippen LogP contribution in [-0.4, -0.2) is 55.2 Å². The Kier molecular flexibility index (Phi) is 8.90. The zero-order valence-electron chi connectivity index (χ0n) is 15.6. The highest BCUT2D eigenvalue weighted by Gasteiger charge is 2.18. The third-order valence-electron chi connectivity index (χ3n) is 3.62. The molecule has 0 N–H and O–H groups in total. The molecule has 1 heterocycles. The molecule has 2 aromatic rings. The lowest BCUT2D eigenvalue weighted by Gasteiger charge is -2.21. The lowest BCUT2D eigenvalue weighted by Crippen LogP contribution is -2.36. The first-order chi connectivity index (χ1) is 13.1. The number of thiazole rings is 1. The molecule has 7 nitrogen and oxygen atoms in total. The van der Waals surface area contributed by atoms with Gasteiger partial charge in [0.25, 0.3) is 0 Å². The fraction of sp³-hybridized carbons (Fsp3) is 0.421. The maximum Gasteiger partial charge on any atom is 0.357 e. The number of amides is 1. The van der Waals surface area contributed by atoms with Crippen molar-refractivity contribution in [1.29, 1.82) is 0 Å². The molecule has 0 spiro atoms. The lowest BCUT2D eigenvalue weighted by atomic mass is 10.2. The van der Waals surface area contributed by atoms with Gasteiger partial charge in [0.05, 0.1) is 26.4 Å². The molecule has 0 aliphatic heterocycles. The van der Waals surface area contributed by atoms with E-state index in [1.165, 1.54) is 11.3 Å². The van der Waals surface area contributed by atoms with Crippen LogP contribution in [0.2, 0.25) is 0 Å². The number of carbonyl (C=O) groups is 2. The molecule has 0 radical (unpaired) electrons. The van der Waals surface area contributed by atoms with Gasteiger partial charge in [0.2, 0.25) is 5.91 Å². The summed E-state index contributed by atoms with van der Waals surface area (Å²) in [5.74, 6) is -0.614. The Balaban J connectivity index is 1.91. The van der Waals surface area contributed by atoms with Gasteiger partial charge < -0.3 is 19.1 Å². The van der Waals surface area contributed by atoms with Crippen LogP contribution in [0.5, 0.6) is 0 Å². The van der Waals surface area contributed by atoms with Crippen LogP contribution in [0.4, 0.5) is 0 Å². The van der Waals surface area contributed by atoms with Crippen molar-refractivity contribution in [2.75, 3.05) is 33.5 Å². The number of benzene rings is 1. The van der Waals surface area contributed by atoms with Crippen LogP contribution in [-0.2, 0) is 32.2 Å². The number of nitrogens with zero attached hydrogens (tertiary/aromatic N) is 2. The van der Waals surface area contributed by atoms with Gasteiger partial charge in [-0.25, -0.2) is 9.78 Å². The third kappa shape index (κ3) is 7.09. The molecule has 8 heteroatoms. The summed E-state index contributed by atoms with van der Waals surface area (Å²) in [6.07, 6.45) is 0. The molecule has 0 aliphatic rings. The number of rotatable bonds is 11. The topological polar surface area (TPSA) is 78.0 Å². The Hall–Kier alpha value is -2.29. The third-order valence-corrected chi connectivity index (χ3v) is 4.45. The largest absolute Gasteiger partial charge is 0.461 e. The highest BCUT2D eigenvalue weighted by Crippen LogP contribution is 2.14. The Morgan fingerprint density at radius 3 is 2.70 bits per heavy atom. The quantitative estimate of drug-likeness (QED) is 0.547. The van der Waals surface area contributed by atoms with Crippen LogP contribution in [0.1, 0.15) is 28.0 Å². The molecule has 27 heavy (non-hydrogen) atoms. The summed E-state index contributed by atoms with van der Waals surface area (Å²) in [7, 11) is 1.58. The van der Waals surface area contributed by atoms with Crippen LogP contribution in [0, 0.1) is 0 Å². The molecule has 1 aromatic carbocycles. The molecule has 0 saturated carbocycles. The molecule has 2 rings (SSSR count). The van der Waals surface area contributed by atoms with Gasteiger partial charge in [-0.15, -0.1) is 11.3 Å². The van der Waals surface area contributed by atoms with Gasteiger partial charge in [0.1, 0.15) is 11.6 Å². The minimum atomic E-state index is -0.457. The van der Waals surface area contributed by atoms with E-state index < -0.39 is 5.97 Å². The van der Waals surface area contributed by atoms with Crippen molar-refractivity contribution in [1.82, 2.24) is 9.88 Å². The maximum atomic E-state index is 12.5. The second-order valence-corrected chi connectivity index (χ2v) is 6.58. The van der Waals surface area contributed by atoms with Crippen molar-refractivity contribution in [3.63, 3.8) is 0 Å². The number of hydrogen-bond acceptors (Lipinski definition) is 7. The van der Waals surface area contributed by atoms with E-state index in [0.29, 0.717) is 37.9 Å². The number of carbonyl (C=O) groups excluding carboxylic acids is 2. The maximum absolute atomic E-state index is 12.5. The predicted molar refractivity (Wildman–Crippen MR) is 101 cm³/mol. The molecule has 0 atom stereocenters. The van der Waals surface area contributed by atoms with Gasteiger partial charge in [-0.1, -0.05) is 30.3 Å². The van der Waals surface area contributed by atoms with Gasteiger partial charge in [0, 0.05) is 19.0 Å². The summed E-state index contributed by atoms with van der Waals surface area (Å²) in [6.45, 7) is 3.48. The predicted octanol–water partition coefficient (Wildman–Crippen LogP) is 2.51. The first kappa shape index (κ1) is 21.0. The van der Waals surface area contributed by atoms with E-state index in [1.54, 1.807) is 24.3 Å². The number of ether oxygens (including phenoxy) is 3. The van der Waals surface area contributed by atoms with Crippen LogP contribution in [0.25, 0.3) is 0 Å². The first-order valence-electron chi connectivity index (χ1n) is 8.64. The van der Waals surface area contributed by atoms with Crippen molar-refractivity contribution in [3.05, 3.63) is 52.0 Å². The summed E-state index contributed by atoms with van der Waals surface area (Å²) in [5, 5.41) is 2.30. The van der Waals surface area contributed by atoms with Gasteiger partial charge in [-0.05, 0) is 12.5 Å². The number of aromatic nitrogens is 1. The molecule has 0 bridgehead atoms. The summed E-state index contributed by atoms with van der Waals surface area (Å²) in [6, 6.07) is 9.67. The van der Waals surface area contributed by atoms with E-state index in [9.17, 15) is 9.59 Å². The molecular formula is C19H24N2O5S. The second kappa shape index (κ2) is 11.4. The van der Waals surface area contributed by atoms with Crippen molar-refractivity contribution >= 4 is 23.2 Å². The van der Waals surface area contributed by atoms with E-state index in [2.05, 4.69) is 4.98 Å². The van der Waals surface area contributed by atoms with E-state index in [0.717, 1.165) is 5.56 Å². The average molecular weight is 392 g/mol. The van der Waals surface area contributed by atoms with Crippen LogP contribution >= 0.6 is 11.3 Å². The van der Waals surface area contributed by atoms with Crippen molar-refractivity contribution in [3.8, 4) is 0 Å². The summed E-state index contributed by atoms with van der Waals surface area (Å²) >= 11 is 1.32. The summed E-state index contributed by atoms with van der Waals surface area (Å²) < 4.78 is 15.6. The second-order valence-electron chi connectivity index (χ2n) is 5.63. The number of esters is 1. The van der Waals surface area contributed by atoms with Gasteiger partial charge >= 0.3 is 5.97 Å². The molecule has 1 aromatic heterocycles. The molecule has 0 unspecified atom stereocenters. The molecule has 0 fully saturated rings. The van der Waals surface area contributed by atoms with E-state index in [4.69, 9.17) is 14.2 Å². The Labute approximate surface area is 162 Å². The standard InChI is InChI=1S/C19H24N2O5S/c1-3-26-19(23)16-14-27-17(20-16)11-21(9-10-24-2)18(22)13-25-12-15-7-5-4-6-8-15/h4-8,14H,3,9-13H2,1-2H3. The minimum Gasteiger partial charge on any atom is -0.461 e. The summed E-state index contributed by atoms with van der Waals surface area (Å²) in [4.78, 5) is 30.1.